The van der Waals surface area contributed by atoms with E-state index in [0.29, 0.717) is 12.8 Å². The summed E-state index contributed by atoms with van der Waals surface area (Å²) >= 11 is 0. The second kappa shape index (κ2) is 8.39. The average molecular weight is 302 g/mol. The Kier molecular flexibility index (Phi) is 8.05. The van der Waals surface area contributed by atoms with Crippen molar-refractivity contribution in [2.45, 2.75) is 63.8 Å². The van der Waals surface area contributed by atoms with E-state index >= 15 is 0 Å². The predicted octanol–water partition coefficient (Wildman–Crippen LogP) is 2.74. The van der Waals surface area contributed by atoms with Gasteiger partial charge in [0.2, 0.25) is 0 Å². The Labute approximate surface area is 111 Å². The smallest absolute Gasteiger partial charge is 0.518 e. The first-order chi connectivity index (χ1) is 8.70. The minimum atomic E-state index is -5.68. The van der Waals surface area contributed by atoms with Crippen LogP contribution < -0.4 is 5.11 Å². The molecule has 8 heteroatoms. The van der Waals surface area contributed by atoms with Crippen molar-refractivity contribution >= 4 is 15.9 Å². The van der Waals surface area contributed by atoms with E-state index < -0.39 is 21.4 Å². The lowest BCUT2D eigenvalue weighted by atomic mass is 10.1. The fourth-order valence-electron chi connectivity index (χ4n) is 1.46. The molecular weight excluding hydrogens is 283 g/mol. The molecule has 0 radical (unpaired) electrons. The first-order valence-corrected chi connectivity index (χ1v) is 7.72. The van der Waals surface area contributed by atoms with Gasteiger partial charge in [-0.25, -0.2) is 0 Å². The van der Waals surface area contributed by atoms with Crippen LogP contribution in [0.15, 0.2) is 4.40 Å². The van der Waals surface area contributed by atoms with Gasteiger partial charge in [0.15, 0.2) is 0 Å². The van der Waals surface area contributed by atoms with E-state index in [9.17, 15) is 26.7 Å². The lowest BCUT2D eigenvalue weighted by molar-refractivity contribution is -0.218. The van der Waals surface area contributed by atoms with Gasteiger partial charge in [0, 0.05) is 0 Å². The van der Waals surface area contributed by atoms with Gasteiger partial charge in [-0.3, -0.25) is 0 Å². The molecule has 0 aliphatic heterocycles. The Bertz CT molecular complexity index is 377. The molecule has 4 nitrogen and oxygen atoms in total. The Balaban J connectivity index is 3.96. The summed E-state index contributed by atoms with van der Waals surface area (Å²) in [5.74, 6) is -1.23. The van der Waals surface area contributed by atoms with Crippen LogP contribution in [0.2, 0.25) is 0 Å². The van der Waals surface area contributed by atoms with Gasteiger partial charge in [0.25, 0.3) is 0 Å². The van der Waals surface area contributed by atoms with Gasteiger partial charge in [-0.05, 0) is 18.7 Å². The van der Waals surface area contributed by atoms with Gasteiger partial charge in [-0.15, -0.1) is 0 Å². The molecule has 114 valence electrons. The SMILES string of the molecule is CCCCCCCCC/C([O-])=N/S(=O)(=O)C(F)(F)F. The second-order valence-corrected chi connectivity index (χ2v) is 5.87. The van der Waals surface area contributed by atoms with E-state index in [1.807, 2.05) is 0 Å². The molecule has 0 fully saturated rings. The quantitative estimate of drug-likeness (QED) is 0.373. The summed E-state index contributed by atoms with van der Waals surface area (Å²) in [5, 5.41) is 11.0. The zero-order valence-corrected chi connectivity index (χ0v) is 11.7. The lowest BCUT2D eigenvalue weighted by Crippen LogP contribution is -2.26. The van der Waals surface area contributed by atoms with Crippen molar-refractivity contribution in [2.75, 3.05) is 0 Å². The molecule has 0 amide bonds. The van der Waals surface area contributed by atoms with Crippen molar-refractivity contribution in [1.29, 1.82) is 0 Å². The summed E-state index contributed by atoms with van der Waals surface area (Å²) in [6, 6.07) is 0. The van der Waals surface area contributed by atoms with Crippen LogP contribution in [0.1, 0.15) is 58.3 Å². The second-order valence-electron chi connectivity index (χ2n) is 4.28. The summed E-state index contributed by atoms with van der Waals surface area (Å²) in [5.41, 5.74) is -5.50. The van der Waals surface area contributed by atoms with Crippen molar-refractivity contribution < 1.29 is 26.7 Å². The highest BCUT2D eigenvalue weighted by Gasteiger charge is 2.45. The highest BCUT2D eigenvalue weighted by Crippen LogP contribution is 2.24. The largest absolute Gasteiger partial charge is 0.861 e. The fourth-order valence-corrected chi connectivity index (χ4v) is 1.93. The minimum absolute atomic E-state index is 0.261. The third kappa shape index (κ3) is 8.07. The van der Waals surface area contributed by atoms with E-state index in [2.05, 4.69) is 11.3 Å². The van der Waals surface area contributed by atoms with Gasteiger partial charge < -0.3 is 5.11 Å². The number of halogens is 3. The molecule has 0 aliphatic carbocycles. The summed E-state index contributed by atoms with van der Waals surface area (Å²) in [7, 11) is -5.68. The molecule has 0 bridgehead atoms. The molecule has 0 unspecified atom stereocenters. The zero-order chi connectivity index (χ0) is 14.9. The molecular formula is C11H19F3NO3S-. The number of rotatable bonds is 9. The number of hydrogen-bond acceptors (Lipinski definition) is 3. The first kappa shape index (κ1) is 18.2. The van der Waals surface area contributed by atoms with Crippen LogP contribution in [-0.2, 0) is 10.0 Å². The van der Waals surface area contributed by atoms with Crippen LogP contribution >= 0.6 is 0 Å². The van der Waals surface area contributed by atoms with Gasteiger partial charge in [-0.1, -0.05) is 45.4 Å². The molecule has 0 aromatic heterocycles. The topological polar surface area (TPSA) is 69.6 Å². The first-order valence-electron chi connectivity index (χ1n) is 6.28. The minimum Gasteiger partial charge on any atom is -0.861 e. The maximum Gasteiger partial charge on any atom is 0.518 e. The molecule has 0 aromatic carbocycles. The molecule has 0 heterocycles. The van der Waals surface area contributed by atoms with Gasteiger partial charge >= 0.3 is 15.5 Å². The number of unbranched alkanes of at least 4 members (excludes halogenated alkanes) is 6. The average Bonchev–Trinajstić information content (AvgIpc) is 2.25. The van der Waals surface area contributed by atoms with E-state index in [0.717, 1.165) is 32.1 Å². The molecule has 0 saturated heterocycles. The molecule has 0 saturated carbocycles. The van der Waals surface area contributed by atoms with Gasteiger partial charge in [-0.2, -0.15) is 26.0 Å². The highest BCUT2D eigenvalue weighted by molar-refractivity contribution is 7.91. The summed E-state index contributed by atoms with van der Waals surface area (Å²) < 4.78 is 59.1. The van der Waals surface area contributed by atoms with Crippen molar-refractivity contribution in [3.05, 3.63) is 0 Å². The normalized spacial score (nSPS) is 13.8. The highest BCUT2D eigenvalue weighted by atomic mass is 32.2. The van der Waals surface area contributed by atoms with Crippen molar-refractivity contribution in [3.8, 4) is 0 Å². The number of alkyl halides is 3. The van der Waals surface area contributed by atoms with E-state index in [4.69, 9.17) is 0 Å². The Morgan fingerprint density at radius 3 is 2.00 bits per heavy atom. The molecule has 19 heavy (non-hydrogen) atoms. The van der Waals surface area contributed by atoms with Crippen LogP contribution in [-0.4, -0.2) is 19.8 Å². The Hall–Kier alpha value is -0.790. The standard InChI is InChI=1S/C11H20F3NO3S/c1-2-3-4-5-6-7-8-9-10(16)15-19(17,18)11(12,13)14/h2-9H2,1H3,(H,15,16)/p-1. The van der Waals surface area contributed by atoms with E-state index in [-0.39, 0.29) is 6.42 Å². The van der Waals surface area contributed by atoms with E-state index in [1.165, 1.54) is 0 Å². The van der Waals surface area contributed by atoms with Gasteiger partial charge in [0.05, 0.1) is 0 Å². The molecule has 0 atom stereocenters. The lowest BCUT2D eigenvalue weighted by Gasteiger charge is -2.11. The van der Waals surface area contributed by atoms with Crippen molar-refractivity contribution in [1.82, 2.24) is 0 Å². The monoisotopic (exact) mass is 302 g/mol. The Morgan fingerprint density at radius 2 is 1.53 bits per heavy atom. The summed E-state index contributed by atoms with van der Waals surface area (Å²) in [4.78, 5) is 0. The molecule has 0 aromatic rings. The third-order valence-electron chi connectivity index (χ3n) is 2.51. The Morgan fingerprint density at radius 1 is 1.05 bits per heavy atom. The van der Waals surface area contributed by atoms with Gasteiger partial charge in [0.1, 0.15) is 0 Å². The number of hydrogen-bond donors (Lipinski definition) is 0. The third-order valence-corrected chi connectivity index (χ3v) is 3.54. The van der Waals surface area contributed by atoms with Crippen LogP contribution in [0.4, 0.5) is 13.2 Å². The summed E-state index contributed by atoms with van der Waals surface area (Å²) in [6.07, 6.45) is 6.04. The fraction of sp³-hybridized carbons (Fsp3) is 0.909. The van der Waals surface area contributed by atoms with Crippen molar-refractivity contribution in [2.24, 2.45) is 4.40 Å². The van der Waals surface area contributed by atoms with E-state index in [1.54, 1.807) is 0 Å². The molecule has 0 spiro atoms. The predicted molar refractivity (Wildman–Crippen MR) is 65.0 cm³/mol. The number of nitrogens with zero attached hydrogens (tertiary/aromatic N) is 1. The summed E-state index contributed by atoms with van der Waals surface area (Å²) in [6.45, 7) is 2.08. The van der Waals surface area contributed by atoms with Crippen molar-refractivity contribution in [3.63, 3.8) is 0 Å². The maximum absolute atomic E-state index is 11.9. The van der Waals surface area contributed by atoms with Crippen LogP contribution in [0.3, 0.4) is 0 Å². The molecule has 0 aliphatic rings. The maximum atomic E-state index is 11.9. The van der Waals surface area contributed by atoms with Crippen LogP contribution in [0.5, 0.6) is 0 Å². The molecule has 0 N–H and O–H groups in total. The molecule has 0 rings (SSSR count). The van der Waals surface area contributed by atoms with Crippen LogP contribution in [0, 0.1) is 0 Å². The zero-order valence-electron chi connectivity index (χ0n) is 10.9. The number of sulfonamides is 1. The van der Waals surface area contributed by atoms with Crippen LogP contribution in [0.25, 0.3) is 0 Å².